The number of nitrogen functional groups attached to an aromatic ring is 1. The predicted octanol–water partition coefficient (Wildman–Crippen LogP) is 4.66. The Balaban J connectivity index is 1.48. The largest absolute Gasteiger partial charge is 0.777 e. The minimum Gasteiger partial charge on any atom is -0.777 e. The van der Waals surface area contributed by atoms with E-state index in [1.165, 1.54) is 51.3 Å². The standard InChI is InChI=1S/C24H40N5O4P/c1-3-4-5-6-7-8-9-10-11-12-13-14-15-16-33-34(30,31)20-32-21(2)17-29-19-28-22-23(25)26-18-27-24(22)29/h1,18-19,21H,4-17,20H2,2H3,(H,30,31)(H2,25,26,27)/p-1/t21-/m1/s1. The highest BCUT2D eigenvalue weighted by molar-refractivity contribution is 7.51. The molecule has 2 aromatic rings. The molecule has 0 bridgehead atoms. The van der Waals surface area contributed by atoms with Gasteiger partial charge in [-0.15, -0.1) is 12.3 Å². The molecule has 0 aromatic carbocycles. The van der Waals surface area contributed by atoms with Crippen LogP contribution >= 0.6 is 7.60 Å². The first-order valence-corrected chi connectivity index (χ1v) is 14.1. The zero-order chi connectivity index (χ0) is 24.7. The van der Waals surface area contributed by atoms with E-state index in [0.717, 1.165) is 32.1 Å². The molecule has 0 fully saturated rings. The van der Waals surface area contributed by atoms with E-state index in [4.69, 9.17) is 21.4 Å². The van der Waals surface area contributed by atoms with E-state index in [-0.39, 0.29) is 12.7 Å². The Bertz CT molecular complexity index is 930. The normalized spacial score (nSPS) is 14.1. The van der Waals surface area contributed by atoms with E-state index < -0.39 is 13.9 Å². The first-order valence-electron chi connectivity index (χ1n) is 12.3. The van der Waals surface area contributed by atoms with Crippen LogP contribution in [0.15, 0.2) is 12.7 Å². The number of fused-ring (bicyclic) bond motifs is 1. The molecule has 0 saturated heterocycles. The van der Waals surface area contributed by atoms with Gasteiger partial charge in [-0.1, -0.05) is 57.8 Å². The average molecular weight is 493 g/mol. The molecule has 2 heterocycles. The Labute approximate surface area is 203 Å². The molecule has 9 nitrogen and oxygen atoms in total. The first kappa shape index (κ1) is 28.3. The molecule has 190 valence electrons. The summed E-state index contributed by atoms with van der Waals surface area (Å²) in [5.41, 5.74) is 6.88. The summed E-state index contributed by atoms with van der Waals surface area (Å²) in [4.78, 5) is 24.4. The van der Waals surface area contributed by atoms with Crippen molar-refractivity contribution in [2.45, 2.75) is 96.6 Å². The monoisotopic (exact) mass is 492 g/mol. The molecule has 10 heteroatoms. The first-order chi connectivity index (χ1) is 16.4. The molecule has 0 spiro atoms. The van der Waals surface area contributed by atoms with Crippen molar-refractivity contribution >= 4 is 24.6 Å². The number of ether oxygens (including phenoxy) is 1. The zero-order valence-corrected chi connectivity index (χ0v) is 21.3. The average Bonchev–Trinajstić information content (AvgIpc) is 3.22. The molecular formula is C24H39N5O4P-. The van der Waals surface area contributed by atoms with Gasteiger partial charge in [0.2, 0.25) is 0 Å². The van der Waals surface area contributed by atoms with E-state index in [0.29, 0.717) is 23.5 Å². The lowest BCUT2D eigenvalue weighted by atomic mass is 10.1. The highest BCUT2D eigenvalue weighted by atomic mass is 31.2. The molecule has 2 atom stereocenters. The molecule has 0 aliphatic carbocycles. The van der Waals surface area contributed by atoms with Crippen LogP contribution in [-0.4, -0.2) is 38.6 Å². The maximum atomic E-state index is 12.1. The summed E-state index contributed by atoms with van der Waals surface area (Å²) in [5, 5.41) is 0. The quantitative estimate of drug-likeness (QED) is 0.170. The highest BCUT2D eigenvalue weighted by Gasteiger charge is 2.14. The number of hydrogen-bond donors (Lipinski definition) is 1. The summed E-state index contributed by atoms with van der Waals surface area (Å²) >= 11 is 0. The fourth-order valence-corrected chi connectivity index (χ4v) is 4.66. The fourth-order valence-electron chi connectivity index (χ4n) is 3.74. The van der Waals surface area contributed by atoms with E-state index in [2.05, 4.69) is 20.9 Å². The summed E-state index contributed by atoms with van der Waals surface area (Å²) in [5.74, 6) is 2.99. The smallest absolute Gasteiger partial charge is 0.165 e. The van der Waals surface area contributed by atoms with Gasteiger partial charge < -0.3 is 29.0 Å². The van der Waals surface area contributed by atoms with E-state index in [1.807, 2.05) is 0 Å². The molecule has 0 aliphatic heterocycles. The summed E-state index contributed by atoms with van der Waals surface area (Å²) in [7, 11) is -4.03. The molecule has 0 radical (unpaired) electrons. The van der Waals surface area contributed by atoms with Crippen LogP contribution in [0.25, 0.3) is 11.2 Å². The van der Waals surface area contributed by atoms with E-state index in [9.17, 15) is 9.46 Å². The van der Waals surface area contributed by atoms with Gasteiger partial charge in [0.25, 0.3) is 0 Å². The molecular weight excluding hydrogens is 453 g/mol. The van der Waals surface area contributed by atoms with Crippen molar-refractivity contribution in [3.63, 3.8) is 0 Å². The van der Waals surface area contributed by atoms with Crippen LogP contribution in [0.1, 0.15) is 84.0 Å². The van der Waals surface area contributed by atoms with Crippen LogP contribution in [-0.2, 0) is 20.4 Å². The van der Waals surface area contributed by atoms with Gasteiger partial charge in [0.15, 0.2) is 19.1 Å². The summed E-state index contributed by atoms with van der Waals surface area (Å²) in [6.45, 7) is 2.38. The fraction of sp³-hybridized carbons (Fsp3) is 0.708. The van der Waals surface area contributed by atoms with Crippen LogP contribution in [0.3, 0.4) is 0 Å². The van der Waals surface area contributed by atoms with Gasteiger partial charge >= 0.3 is 0 Å². The van der Waals surface area contributed by atoms with Gasteiger partial charge in [0, 0.05) is 6.42 Å². The van der Waals surface area contributed by atoms with Gasteiger partial charge in [0.05, 0.1) is 25.6 Å². The second kappa shape index (κ2) is 15.8. The summed E-state index contributed by atoms with van der Waals surface area (Å²) in [6, 6.07) is 0. The lowest BCUT2D eigenvalue weighted by molar-refractivity contribution is -0.205. The molecule has 2 aromatic heterocycles. The van der Waals surface area contributed by atoms with Crippen LogP contribution in [0, 0.1) is 12.3 Å². The predicted molar refractivity (Wildman–Crippen MR) is 133 cm³/mol. The Morgan fingerprint density at radius 1 is 1.06 bits per heavy atom. The molecule has 1 unspecified atom stereocenters. The summed E-state index contributed by atoms with van der Waals surface area (Å²) < 4.78 is 24.5. The third kappa shape index (κ3) is 11.0. The van der Waals surface area contributed by atoms with Gasteiger partial charge in [-0.3, -0.25) is 0 Å². The van der Waals surface area contributed by atoms with Crippen molar-refractivity contribution in [3.8, 4) is 12.3 Å². The molecule has 0 amide bonds. The van der Waals surface area contributed by atoms with Crippen molar-refractivity contribution in [2.75, 3.05) is 18.7 Å². The summed E-state index contributed by atoms with van der Waals surface area (Å²) in [6.07, 6.45) is 21.0. The second-order valence-corrected chi connectivity index (χ2v) is 10.5. The van der Waals surface area contributed by atoms with Crippen molar-refractivity contribution in [1.82, 2.24) is 19.5 Å². The lowest BCUT2D eigenvalue weighted by Gasteiger charge is -2.25. The molecule has 34 heavy (non-hydrogen) atoms. The SMILES string of the molecule is C#CCCCCCCCCCCCCCOP(=O)([O-])CO[C@H](C)Cn1cnc2c(N)ncnc21. The van der Waals surface area contributed by atoms with E-state index in [1.54, 1.807) is 17.8 Å². The number of hydrogen-bond acceptors (Lipinski definition) is 8. The van der Waals surface area contributed by atoms with Crippen LogP contribution in [0.2, 0.25) is 0 Å². The van der Waals surface area contributed by atoms with E-state index >= 15 is 0 Å². The van der Waals surface area contributed by atoms with Gasteiger partial charge in [-0.05, 0) is 19.8 Å². The Morgan fingerprint density at radius 3 is 2.32 bits per heavy atom. The number of anilines is 1. The van der Waals surface area contributed by atoms with Gasteiger partial charge in [-0.25, -0.2) is 15.0 Å². The maximum Gasteiger partial charge on any atom is 0.165 e. The van der Waals surface area contributed by atoms with Crippen molar-refractivity contribution in [1.29, 1.82) is 0 Å². The number of imidazole rings is 1. The van der Waals surface area contributed by atoms with Crippen molar-refractivity contribution in [2.24, 2.45) is 0 Å². The Morgan fingerprint density at radius 2 is 1.68 bits per heavy atom. The number of nitrogens with zero attached hydrogens (tertiary/aromatic N) is 4. The minimum absolute atomic E-state index is 0.207. The lowest BCUT2D eigenvalue weighted by Crippen LogP contribution is -2.20. The Hall–Kier alpha value is -1.98. The van der Waals surface area contributed by atoms with Crippen LogP contribution < -0.4 is 10.6 Å². The highest BCUT2D eigenvalue weighted by Crippen LogP contribution is 2.37. The van der Waals surface area contributed by atoms with Crippen molar-refractivity contribution in [3.05, 3.63) is 12.7 Å². The zero-order valence-electron chi connectivity index (χ0n) is 20.4. The number of unbranched alkanes of at least 4 members (excludes halogenated alkanes) is 11. The molecule has 0 saturated carbocycles. The van der Waals surface area contributed by atoms with Crippen LogP contribution in [0.4, 0.5) is 5.82 Å². The van der Waals surface area contributed by atoms with Crippen LogP contribution in [0.5, 0.6) is 0 Å². The number of nitrogens with two attached hydrogens (primary N) is 1. The molecule has 2 rings (SSSR count). The third-order valence-electron chi connectivity index (χ3n) is 5.65. The number of rotatable bonds is 19. The topological polar surface area (TPSA) is 128 Å². The molecule has 2 N–H and O–H groups in total. The molecule has 0 aliphatic rings. The third-order valence-corrected chi connectivity index (χ3v) is 6.70. The number of aromatic nitrogens is 4. The second-order valence-electron chi connectivity index (χ2n) is 8.72. The van der Waals surface area contributed by atoms with Crippen molar-refractivity contribution < 1.29 is 18.7 Å². The Kier molecular flexibility index (Phi) is 13.2. The minimum atomic E-state index is -4.03. The maximum absolute atomic E-state index is 12.1. The number of terminal acetylenes is 1. The van der Waals surface area contributed by atoms with Gasteiger partial charge in [-0.2, -0.15) is 0 Å². The van der Waals surface area contributed by atoms with Gasteiger partial charge in [0.1, 0.15) is 18.2 Å².